The number of rotatable bonds is 10. The van der Waals surface area contributed by atoms with Gasteiger partial charge in [-0.15, -0.1) is 0 Å². The number of aryl methyl sites for hydroxylation is 1. The Balaban J connectivity index is 1.57. The van der Waals surface area contributed by atoms with Gasteiger partial charge in [0.05, 0.1) is 0 Å². The molecule has 5 heteroatoms. The first-order valence-corrected chi connectivity index (χ1v) is 10.3. The van der Waals surface area contributed by atoms with Crippen LogP contribution < -0.4 is 4.74 Å². The monoisotopic (exact) mass is 408 g/mol. The molecule has 156 valence electrons. The topological polar surface area (TPSA) is 35.0 Å². The molecule has 3 aromatic rings. The molecule has 0 spiro atoms. The van der Waals surface area contributed by atoms with E-state index in [1.807, 2.05) is 48.8 Å². The zero-order chi connectivity index (χ0) is 21.2. The summed E-state index contributed by atoms with van der Waals surface area (Å²) in [4.78, 5) is 9.01. The van der Waals surface area contributed by atoms with E-state index >= 15 is 0 Å². The second-order valence-corrected chi connectivity index (χ2v) is 7.13. The van der Waals surface area contributed by atoms with Crippen LogP contribution in [-0.2, 0) is 6.42 Å². The van der Waals surface area contributed by atoms with Crippen molar-refractivity contribution in [2.45, 2.75) is 45.6 Å². The summed E-state index contributed by atoms with van der Waals surface area (Å²) in [6.45, 7) is -0.596. The largest absolute Gasteiger partial charge is 0.435 e. The van der Waals surface area contributed by atoms with Crippen LogP contribution in [0.4, 0.5) is 8.78 Å². The maximum Gasteiger partial charge on any atom is 0.387 e. The fraction of sp³-hybridized carbons (Fsp3) is 0.280. The maximum absolute atomic E-state index is 12.2. The molecule has 0 aliphatic carbocycles. The van der Waals surface area contributed by atoms with Gasteiger partial charge in [-0.2, -0.15) is 8.78 Å². The number of halogens is 2. The average molecular weight is 408 g/mol. The number of ether oxygens (including phenoxy) is 1. The van der Waals surface area contributed by atoms with Gasteiger partial charge in [-0.25, -0.2) is 9.97 Å². The predicted molar refractivity (Wildman–Crippen MR) is 117 cm³/mol. The van der Waals surface area contributed by atoms with Crippen LogP contribution in [0.3, 0.4) is 0 Å². The summed E-state index contributed by atoms with van der Waals surface area (Å²) in [5.41, 5.74) is 4.08. The first kappa shape index (κ1) is 21.6. The summed E-state index contributed by atoms with van der Waals surface area (Å²) >= 11 is 0. The van der Waals surface area contributed by atoms with Crippen LogP contribution in [0.25, 0.3) is 23.5 Å². The van der Waals surface area contributed by atoms with E-state index in [1.165, 1.54) is 43.4 Å². The quantitative estimate of drug-likeness (QED) is 0.267. The molecule has 1 aromatic heterocycles. The van der Waals surface area contributed by atoms with E-state index in [9.17, 15) is 8.78 Å². The number of benzene rings is 2. The number of hydrogen-bond acceptors (Lipinski definition) is 3. The van der Waals surface area contributed by atoms with Gasteiger partial charge in [-0.1, -0.05) is 74.7 Å². The maximum atomic E-state index is 12.2. The van der Waals surface area contributed by atoms with E-state index in [1.54, 1.807) is 12.1 Å². The van der Waals surface area contributed by atoms with Crippen molar-refractivity contribution in [3.63, 3.8) is 0 Å². The van der Waals surface area contributed by atoms with Gasteiger partial charge in [0.15, 0.2) is 5.82 Å². The van der Waals surface area contributed by atoms with E-state index in [0.717, 1.165) is 28.9 Å². The lowest BCUT2D eigenvalue weighted by Gasteiger charge is -2.04. The Morgan fingerprint density at radius 2 is 1.43 bits per heavy atom. The molecule has 2 aromatic carbocycles. The van der Waals surface area contributed by atoms with Crippen LogP contribution in [0, 0.1) is 0 Å². The zero-order valence-electron chi connectivity index (χ0n) is 17.1. The van der Waals surface area contributed by atoms with Gasteiger partial charge < -0.3 is 4.74 Å². The molecule has 0 saturated carbocycles. The standard InChI is InChI=1S/C25H26F2N2O/c1-2-3-4-5-6-21-17-28-24(29-18-21)22-13-9-19(10-14-22)7-8-20-11-15-23(16-12-20)30-25(26)27/h7-18,25H,2-6H2,1H3/b8-7+. The SMILES string of the molecule is CCCCCCc1cnc(-c2ccc(/C=C/c3ccc(OC(F)F)cc3)cc2)nc1. The smallest absolute Gasteiger partial charge is 0.387 e. The van der Waals surface area contributed by atoms with Crippen LogP contribution in [-0.4, -0.2) is 16.6 Å². The van der Waals surface area contributed by atoms with Crippen molar-refractivity contribution in [1.82, 2.24) is 9.97 Å². The second-order valence-electron chi connectivity index (χ2n) is 7.13. The Kier molecular flexibility index (Phi) is 8.07. The second kappa shape index (κ2) is 11.2. The molecule has 0 saturated heterocycles. The molecular weight excluding hydrogens is 382 g/mol. The molecule has 0 fully saturated rings. The van der Waals surface area contributed by atoms with E-state index in [0.29, 0.717) is 0 Å². The molecule has 0 radical (unpaired) electrons. The summed E-state index contributed by atoms with van der Waals surface area (Å²) < 4.78 is 28.7. The van der Waals surface area contributed by atoms with E-state index in [-0.39, 0.29) is 5.75 Å². The van der Waals surface area contributed by atoms with Crippen LogP contribution in [0.1, 0.15) is 49.3 Å². The van der Waals surface area contributed by atoms with Crippen molar-refractivity contribution >= 4 is 12.2 Å². The van der Waals surface area contributed by atoms with E-state index in [2.05, 4.69) is 21.6 Å². The van der Waals surface area contributed by atoms with Crippen molar-refractivity contribution in [1.29, 1.82) is 0 Å². The molecule has 0 atom stereocenters. The Hall–Kier alpha value is -3.08. The normalized spacial score (nSPS) is 11.3. The summed E-state index contributed by atoms with van der Waals surface area (Å²) in [5.74, 6) is 0.871. The lowest BCUT2D eigenvalue weighted by Crippen LogP contribution is -2.01. The van der Waals surface area contributed by atoms with Crippen molar-refractivity contribution in [2.75, 3.05) is 0 Å². The molecule has 0 N–H and O–H groups in total. The van der Waals surface area contributed by atoms with Crippen LogP contribution >= 0.6 is 0 Å². The number of unbranched alkanes of at least 4 members (excludes halogenated alkanes) is 3. The molecule has 0 aliphatic rings. The Labute approximate surface area is 176 Å². The molecular formula is C25H26F2N2O. The Morgan fingerprint density at radius 3 is 2.00 bits per heavy atom. The highest BCUT2D eigenvalue weighted by Gasteiger charge is 2.04. The fourth-order valence-corrected chi connectivity index (χ4v) is 3.08. The molecule has 0 bridgehead atoms. The average Bonchev–Trinajstić information content (AvgIpc) is 2.77. The highest BCUT2D eigenvalue weighted by Crippen LogP contribution is 2.19. The Morgan fingerprint density at radius 1 is 0.833 bits per heavy atom. The van der Waals surface area contributed by atoms with Gasteiger partial charge in [0.1, 0.15) is 5.75 Å². The van der Waals surface area contributed by atoms with Crippen LogP contribution in [0.2, 0.25) is 0 Å². The molecule has 0 unspecified atom stereocenters. The minimum atomic E-state index is -2.81. The van der Waals surface area contributed by atoms with Gasteiger partial charge in [0.25, 0.3) is 0 Å². The van der Waals surface area contributed by atoms with E-state index in [4.69, 9.17) is 0 Å². The highest BCUT2D eigenvalue weighted by molar-refractivity contribution is 5.71. The highest BCUT2D eigenvalue weighted by atomic mass is 19.3. The van der Waals surface area contributed by atoms with Crippen molar-refractivity contribution in [3.8, 4) is 17.1 Å². The lowest BCUT2D eigenvalue weighted by atomic mass is 10.1. The van der Waals surface area contributed by atoms with Gasteiger partial charge in [-0.3, -0.25) is 0 Å². The van der Waals surface area contributed by atoms with Crippen LogP contribution in [0.15, 0.2) is 60.9 Å². The number of nitrogens with zero attached hydrogens (tertiary/aromatic N) is 2. The zero-order valence-corrected chi connectivity index (χ0v) is 17.1. The minimum absolute atomic E-state index is 0.151. The van der Waals surface area contributed by atoms with Gasteiger partial charge in [0.2, 0.25) is 0 Å². The van der Waals surface area contributed by atoms with Gasteiger partial charge in [-0.05, 0) is 41.7 Å². The number of aromatic nitrogens is 2. The molecule has 30 heavy (non-hydrogen) atoms. The summed E-state index contributed by atoms with van der Waals surface area (Å²) in [6.07, 6.45) is 13.7. The third-order valence-corrected chi connectivity index (χ3v) is 4.77. The van der Waals surface area contributed by atoms with Gasteiger partial charge >= 0.3 is 6.61 Å². The third kappa shape index (κ3) is 6.76. The predicted octanol–water partition coefficient (Wildman–Crippen LogP) is 7.04. The minimum Gasteiger partial charge on any atom is -0.435 e. The molecule has 3 nitrogen and oxygen atoms in total. The number of hydrogen-bond donors (Lipinski definition) is 0. The number of alkyl halides is 2. The summed E-state index contributed by atoms with van der Waals surface area (Å²) in [7, 11) is 0. The Bertz CT molecular complexity index is 921. The van der Waals surface area contributed by atoms with Crippen molar-refractivity contribution < 1.29 is 13.5 Å². The first-order valence-electron chi connectivity index (χ1n) is 10.3. The van der Waals surface area contributed by atoms with Gasteiger partial charge in [0, 0.05) is 18.0 Å². The lowest BCUT2D eigenvalue weighted by molar-refractivity contribution is -0.0498. The summed E-state index contributed by atoms with van der Waals surface area (Å²) in [6, 6.07) is 14.5. The molecule has 3 rings (SSSR count). The van der Waals surface area contributed by atoms with Crippen molar-refractivity contribution in [2.24, 2.45) is 0 Å². The molecule has 0 aliphatic heterocycles. The van der Waals surface area contributed by atoms with Crippen LogP contribution in [0.5, 0.6) is 5.75 Å². The third-order valence-electron chi connectivity index (χ3n) is 4.77. The molecule has 0 amide bonds. The van der Waals surface area contributed by atoms with E-state index < -0.39 is 6.61 Å². The first-order chi connectivity index (χ1) is 14.6. The molecule has 1 heterocycles. The fourth-order valence-electron chi connectivity index (χ4n) is 3.08. The van der Waals surface area contributed by atoms with Crippen molar-refractivity contribution in [3.05, 3.63) is 77.6 Å². The summed E-state index contributed by atoms with van der Waals surface area (Å²) in [5, 5.41) is 0.